The maximum Gasteiger partial charge on any atom is 0.185 e. The highest BCUT2D eigenvalue weighted by atomic mass is 32.2. The molecule has 0 saturated heterocycles. The van der Waals surface area contributed by atoms with E-state index in [-0.39, 0.29) is 22.8 Å². The predicted octanol–water partition coefficient (Wildman–Crippen LogP) is 2.89. The van der Waals surface area contributed by atoms with E-state index in [4.69, 9.17) is 0 Å². The van der Waals surface area contributed by atoms with Gasteiger partial charge in [-0.2, -0.15) is 0 Å². The Balaban J connectivity index is 2.32. The van der Waals surface area contributed by atoms with E-state index < -0.39 is 9.84 Å². The Morgan fingerprint density at radius 1 is 1.11 bits per heavy atom. The highest BCUT2D eigenvalue weighted by Gasteiger charge is 2.20. The van der Waals surface area contributed by atoms with Gasteiger partial charge in [0, 0.05) is 6.42 Å². The number of rotatable bonds is 3. The summed E-state index contributed by atoms with van der Waals surface area (Å²) in [6, 6.07) is 8.94. The van der Waals surface area contributed by atoms with Crippen molar-refractivity contribution in [1.29, 1.82) is 0 Å². The zero-order valence-corrected chi connectivity index (χ0v) is 10.6. The highest BCUT2D eigenvalue weighted by molar-refractivity contribution is 7.94. The average molecular weight is 262 g/mol. The van der Waals surface area contributed by atoms with Crippen molar-refractivity contribution in [2.24, 2.45) is 0 Å². The van der Waals surface area contributed by atoms with E-state index in [9.17, 15) is 13.5 Å². The molecule has 0 bridgehead atoms. The summed E-state index contributed by atoms with van der Waals surface area (Å²) in [6.07, 6.45) is 6.76. The minimum atomic E-state index is -3.51. The van der Waals surface area contributed by atoms with Crippen LogP contribution in [0.15, 0.2) is 65.3 Å². The molecule has 0 aromatic heterocycles. The minimum Gasteiger partial charge on any atom is -0.511 e. The normalized spacial score (nSPS) is 15.8. The Bertz CT molecular complexity index is 608. The van der Waals surface area contributed by atoms with Gasteiger partial charge in [-0.15, -0.1) is 0 Å². The van der Waals surface area contributed by atoms with Crippen molar-refractivity contribution in [1.82, 2.24) is 0 Å². The molecule has 1 aromatic rings. The molecule has 1 aromatic carbocycles. The van der Waals surface area contributed by atoms with Gasteiger partial charge in [-0.25, -0.2) is 8.42 Å². The Morgan fingerprint density at radius 2 is 1.83 bits per heavy atom. The molecule has 1 aliphatic rings. The topological polar surface area (TPSA) is 54.4 Å². The number of aliphatic hydroxyl groups excluding tert-OH is 1. The number of hydrogen-bond acceptors (Lipinski definition) is 3. The van der Waals surface area contributed by atoms with Crippen LogP contribution in [-0.4, -0.2) is 13.5 Å². The predicted molar refractivity (Wildman–Crippen MR) is 71.6 cm³/mol. The maximum atomic E-state index is 12.2. The van der Waals surface area contributed by atoms with Gasteiger partial charge < -0.3 is 5.11 Å². The van der Waals surface area contributed by atoms with Crippen LogP contribution in [-0.2, 0) is 15.6 Å². The van der Waals surface area contributed by atoms with E-state index >= 15 is 0 Å². The summed E-state index contributed by atoms with van der Waals surface area (Å²) in [5.41, 5.74) is 0.711. The summed E-state index contributed by atoms with van der Waals surface area (Å²) in [5.74, 6) is -0.201. The molecule has 0 fully saturated rings. The monoisotopic (exact) mass is 262 g/mol. The lowest BCUT2D eigenvalue weighted by molar-refractivity contribution is 0.399. The molecule has 3 nitrogen and oxygen atoms in total. The molecular weight excluding hydrogens is 248 g/mol. The SMILES string of the molecule is O=S(=O)(Cc1ccccc1)C1=C(O)CC=CC=C1. The Labute approximate surface area is 107 Å². The summed E-state index contributed by atoms with van der Waals surface area (Å²) in [6.45, 7) is 0. The molecule has 18 heavy (non-hydrogen) atoms. The number of aliphatic hydroxyl groups is 1. The van der Waals surface area contributed by atoms with Crippen molar-refractivity contribution in [3.63, 3.8) is 0 Å². The van der Waals surface area contributed by atoms with Gasteiger partial charge in [0.2, 0.25) is 0 Å². The van der Waals surface area contributed by atoms with Crippen molar-refractivity contribution >= 4 is 9.84 Å². The van der Waals surface area contributed by atoms with Gasteiger partial charge in [-0.05, 0) is 11.6 Å². The first-order valence-electron chi connectivity index (χ1n) is 5.61. The van der Waals surface area contributed by atoms with Gasteiger partial charge in [-0.1, -0.05) is 48.6 Å². The van der Waals surface area contributed by atoms with Crippen molar-refractivity contribution in [3.05, 3.63) is 70.9 Å². The Morgan fingerprint density at radius 3 is 2.56 bits per heavy atom. The summed E-state index contributed by atoms with van der Waals surface area (Å²) in [5, 5.41) is 9.76. The molecular formula is C14H14O3S. The standard InChI is InChI=1S/C14H14O3S/c15-13-9-5-2-6-10-14(13)18(16,17)11-12-7-3-1-4-8-12/h1-8,10,15H,9,11H2. The van der Waals surface area contributed by atoms with Crippen molar-refractivity contribution in [2.45, 2.75) is 12.2 Å². The van der Waals surface area contributed by atoms with Crippen LogP contribution in [0, 0.1) is 0 Å². The lowest BCUT2D eigenvalue weighted by atomic mass is 10.2. The maximum absolute atomic E-state index is 12.2. The Kier molecular flexibility index (Phi) is 3.67. The zero-order chi connectivity index (χ0) is 13.0. The molecule has 0 saturated carbocycles. The van der Waals surface area contributed by atoms with Gasteiger partial charge in [0.1, 0.15) is 10.7 Å². The van der Waals surface area contributed by atoms with E-state index in [1.807, 2.05) is 6.07 Å². The summed E-state index contributed by atoms with van der Waals surface area (Å²) in [4.78, 5) is 0.0105. The van der Waals surface area contributed by atoms with Crippen LogP contribution in [0.4, 0.5) is 0 Å². The van der Waals surface area contributed by atoms with E-state index in [1.54, 1.807) is 42.5 Å². The van der Waals surface area contributed by atoms with E-state index in [2.05, 4.69) is 0 Å². The van der Waals surface area contributed by atoms with Crippen LogP contribution in [0.5, 0.6) is 0 Å². The van der Waals surface area contributed by atoms with Gasteiger partial charge >= 0.3 is 0 Å². The van der Waals surface area contributed by atoms with Crippen LogP contribution in [0.25, 0.3) is 0 Å². The molecule has 0 atom stereocenters. The molecule has 1 aliphatic carbocycles. The fraction of sp³-hybridized carbons (Fsp3) is 0.143. The van der Waals surface area contributed by atoms with E-state index in [0.29, 0.717) is 5.56 Å². The van der Waals surface area contributed by atoms with E-state index in [1.165, 1.54) is 6.08 Å². The van der Waals surface area contributed by atoms with Crippen molar-refractivity contribution in [2.75, 3.05) is 0 Å². The molecule has 0 radical (unpaired) electrons. The quantitative estimate of drug-likeness (QED) is 0.911. The fourth-order valence-electron chi connectivity index (χ4n) is 1.75. The first-order valence-corrected chi connectivity index (χ1v) is 7.27. The molecule has 0 spiro atoms. The molecule has 0 unspecified atom stereocenters. The number of benzene rings is 1. The van der Waals surface area contributed by atoms with Gasteiger partial charge in [0.25, 0.3) is 0 Å². The van der Waals surface area contributed by atoms with Gasteiger partial charge in [-0.3, -0.25) is 0 Å². The lowest BCUT2D eigenvalue weighted by Crippen LogP contribution is -2.08. The fourth-order valence-corrected chi connectivity index (χ4v) is 3.27. The molecule has 0 amide bonds. The van der Waals surface area contributed by atoms with Crippen molar-refractivity contribution in [3.8, 4) is 0 Å². The molecule has 0 aliphatic heterocycles. The van der Waals surface area contributed by atoms with Crippen LogP contribution < -0.4 is 0 Å². The molecule has 1 N–H and O–H groups in total. The van der Waals surface area contributed by atoms with Crippen LogP contribution in [0.1, 0.15) is 12.0 Å². The van der Waals surface area contributed by atoms with Crippen LogP contribution in [0.3, 0.4) is 0 Å². The van der Waals surface area contributed by atoms with Crippen LogP contribution in [0.2, 0.25) is 0 Å². The summed E-state index contributed by atoms with van der Waals surface area (Å²) < 4.78 is 24.4. The number of sulfone groups is 1. The summed E-state index contributed by atoms with van der Waals surface area (Å²) >= 11 is 0. The third kappa shape index (κ3) is 2.90. The average Bonchev–Trinajstić information content (AvgIpc) is 2.55. The third-order valence-corrected chi connectivity index (χ3v) is 4.38. The molecule has 2 rings (SSSR count). The highest BCUT2D eigenvalue weighted by Crippen LogP contribution is 2.21. The minimum absolute atomic E-state index is 0.0105. The smallest absolute Gasteiger partial charge is 0.185 e. The second-order valence-electron chi connectivity index (χ2n) is 4.05. The second kappa shape index (κ2) is 5.23. The molecule has 4 heteroatoms. The number of hydrogen-bond donors (Lipinski definition) is 1. The second-order valence-corrected chi connectivity index (χ2v) is 6.01. The van der Waals surface area contributed by atoms with Gasteiger partial charge in [0.15, 0.2) is 9.84 Å². The largest absolute Gasteiger partial charge is 0.511 e. The van der Waals surface area contributed by atoms with Gasteiger partial charge in [0.05, 0.1) is 5.75 Å². The first kappa shape index (κ1) is 12.6. The number of allylic oxidation sites excluding steroid dienone is 4. The molecule has 94 valence electrons. The zero-order valence-electron chi connectivity index (χ0n) is 9.78. The van der Waals surface area contributed by atoms with Crippen LogP contribution >= 0.6 is 0 Å². The lowest BCUT2D eigenvalue weighted by Gasteiger charge is -2.07. The van der Waals surface area contributed by atoms with E-state index in [0.717, 1.165) is 0 Å². The Hall–Kier alpha value is -1.81. The molecule has 0 heterocycles. The third-order valence-electron chi connectivity index (χ3n) is 2.62. The van der Waals surface area contributed by atoms with Crippen molar-refractivity contribution < 1.29 is 13.5 Å². The first-order chi connectivity index (χ1) is 8.59. The summed E-state index contributed by atoms with van der Waals surface area (Å²) in [7, 11) is -3.51.